The molecule has 7 nitrogen and oxygen atoms in total. The van der Waals surface area contributed by atoms with E-state index in [1.54, 1.807) is 41.2 Å². The number of nitrogens with one attached hydrogen (secondary N) is 2. The van der Waals surface area contributed by atoms with Crippen molar-refractivity contribution in [1.29, 1.82) is 0 Å². The topological polar surface area (TPSA) is 88.4 Å². The molecule has 1 aromatic heterocycles. The van der Waals surface area contributed by atoms with Gasteiger partial charge in [-0.15, -0.1) is 0 Å². The van der Waals surface area contributed by atoms with Crippen LogP contribution >= 0.6 is 11.6 Å². The van der Waals surface area contributed by atoms with Gasteiger partial charge in [-0.05, 0) is 42.0 Å². The Morgan fingerprint density at radius 2 is 2.07 bits per heavy atom. The zero-order valence-corrected chi connectivity index (χ0v) is 15.3. The summed E-state index contributed by atoms with van der Waals surface area (Å²) in [5.41, 5.74) is 2.02. The Morgan fingerprint density at radius 1 is 1.30 bits per heavy atom. The summed E-state index contributed by atoms with van der Waals surface area (Å²) in [6.45, 7) is 0.0514. The molecular weight excluding hydrogens is 368 g/mol. The number of aliphatic hydroxyl groups is 1. The van der Waals surface area contributed by atoms with Crippen molar-refractivity contribution in [2.45, 2.75) is 6.10 Å². The second-order valence-corrected chi connectivity index (χ2v) is 6.17. The molecule has 0 fully saturated rings. The first kappa shape index (κ1) is 18.8. The molecule has 0 saturated carbocycles. The maximum absolute atomic E-state index is 12.1. The Morgan fingerprint density at radius 3 is 2.74 bits per heavy atom. The van der Waals surface area contributed by atoms with Crippen LogP contribution in [0.15, 0.2) is 60.9 Å². The van der Waals surface area contributed by atoms with Gasteiger partial charge >= 0.3 is 6.03 Å². The number of halogens is 1. The largest absolute Gasteiger partial charge is 0.495 e. The van der Waals surface area contributed by atoms with Crippen molar-refractivity contribution in [3.05, 3.63) is 71.5 Å². The maximum Gasteiger partial charge on any atom is 0.319 e. The molecule has 2 aromatic carbocycles. The van der Waals surface area contributed by atoms with Crippen LogP contribution in [-0.4, -0.2) is 34.6 Å². The number of amides is 2. The molecule has 0 aliphatic rings. The molecule has 8 heteroatoms. The standard InChI is InChI=1S/C19H19ClN4O3/c1-27-18-8-5-14(20)11-16(18)23-19(26)21-12-17(25)13-3-6-15(7-4-13)24-10-2-9-22-24/h2-11,17,25H,12H2,1H3,(H2,21,23,26). The number of rotatable bonds is 6. The molecule has 0 radical (unpaired) electrons. The summed E-state index contributed by atoms with van der Waals surface area (Å²) in [7, 11) is 1.50. The van der Waals surface area contributed by atoms with Gasteiger partial charge in [0.05, 0.1) is 24.6 Å². The molecule has 3 aromatic rings. The highest BCUT2D eigenvalue weighted by molar-refractivity contribution is 6.31. The number of anilines is 1. The van der Waals surface area contributed by atoms with Gasteiger partial charge in [-0.3, -0.25) is 0 Å². The van der Waals surface area contributed by atoms with Crippen molar-refractivity contribution >= 4 is 23.3 Å². The van der Waals surface area contributed by atoms with Crippen LogP contribution in [-0.2, 0) is 0 Å². The van der Waals surface area contributed by atoms with Crippen molar-refractivity contribution in [3.63, 3.8) is 0 Å². The predicted octanol–water partition coefficient (Wildman–Crippen LogP) is 3.39. The third kappa shape index (κ3) is 4.78. The maximum atomic E-state index is 12.1. The predicted molar refractivity (Wildman–Crippen MR) is 104 cm³/mol. The third-order valence-electron chi connectivity index (χ3n) is 3.91. The SMILES string of the molecule is COc1ccc(Cl)cc1NC(=O)NCC(O)c1ccc(-n2cccn2)cc1. The average Bonchev–Trinajstić information content (AvgIpc) is 3.21. The number of benzene rings is 2. The Kier molecular flexibility index (Phi) is 5.95. The smallest absolute Gasteiger partial charge is 0.319 e. The van der Waals surface area contributed by atoms with Crippen molar-refractivity contribution < 1.29 is 14.6 Å². The van der Waals surface area contributed by atoms with Crippen LogP contribution in [0.2, 0.25) is 5.02 Å². The summed E-state index contributed by atoms with van der Waals surface area (Å²) in [5.74, 6) is 0.490. The average molecular weight is 387 g/mol. The van der Waals surface area contributed by atoms with Crippen molar-refractivity contribution in [2.75, 3.05) is 19.0 Å². The number of hydrogen-bond acceptors (Lipinski definition) is 4. The second kappa shape index (κ2) is 8.57. The lowest BCUT2D eigenvalue weighted by Crippen LogP contribution is -2.32. The van der Waals surface area contributed by atoms with E-state index in [4.69, 9.17) is 16.3 Å². The molecular formula is C19H19ClN4O3. The molecule has 140 valence electrons. The van der Waals surface area contributed by atoms with E-state index < -0.39 is 12.1 Å². The summed E-state index contributed by atoms with van der Waals surface area (Å²) in [6, 6.07) is 13.6. The third-order valence-corrected chi connectivity index (χ3v) is 4.15. The van der Waals surface area contributed by atoms with Crippen molar-refractivity contribution in [1.82, 2.24) is 15.1 Å². The number of methoxy groups -OCH3 is 1. The van der Waals surface area contributed by atoms with Gasteiger partial charge in [0.25, 0.3) is 0 Å². The highest BCUT2D eigenvalue weighted by Crippen LogP contribution is 2.27. The molecule has 1 atom stereocenters. The van der Waals surface area contributed by atoms with Crippen LogP contribution in [0, 0.1) is 0 Å². The lowest BCUT2D eigenvalue weighted by Gasteiger charge is -2.15. The molecule has 0 aliphatic carbocycles. The lowest BCUT2D eigenvalue weighted by molar-refractivity contribution is 0.175. The molecule has 27 heavy (non-hydrogen) atoms. The summed E-state index contributed by atoms with van der Waals surface area (Å²) in [4.78, 5) is 12.1. The highest BCUT2D eigenvalue weighted by atomic mass is 35.5. The fourth-order valence-corrected chi connectivity index (χ4v) is 2.69. The van der Waals surface area contributed by atoms with Crippen molar-refractivity contribution in [2.24, 2.45) is 0 Å². The molecule has 0 aliphatic heterocycles. The van der Waals surface area contributed by atoms with Gasteiger partial charge in [-0.1, -0.05) is 23.7 Å². The van der Waals surface area contributed by atoms with Crippen LogP contribution in [0.25, 0.3) is 5.69 Å². The molecule has 1 heterocycles. The second-order valence-electron chi connectivity index (χ2n) is 5.74. The van der Waals surface area contributed by atoms with E-state index in [2.05, 4.69) is 15.7 Å². The first-order chi connectivity index (χ1) is 13.1. The number of hydrogen-bond donors (Lipinski definition) is 3. The van der Waals surface area contributed by atoms with Gasteiger partial charge in [0.1, 0.15) is 5.75 Å². The minimum atomic E-state index is -0.844. The van der Waals surface area contributed by atoms with Crippen LogP contribution in [0.3, 0.4) is 0 Å². The zero-order valence-electron chi connectivity index (χ0n) is 14.6. The van der Waals surface area contributed by atoms with E-state index in [1.807, 2.05) is 24.4 Å². The number of nitrogens with zero attached hydrogens (tertiary/aromatic N) is 2. The Balaban J connectivity index is 1.56. The number of urea groups is 1. The van der Waals surface area contributed by atoms with Gasteiger partial charge in [-0.2, -0.15) is 5.10 Å². The molecule has 2 amide bonds. The highest BCUT2D eigenvalue weighted by Gasteiger charge is 2.12. The number of aliphatic hydroxyl groups excluding tert-OH is 1. The first-order valence-corrected chi connectivity index (χ1v) is 8.61. The van der Waals surface area contributed by atoms with Crippen LogP contribution in [0.4, 0.5) is 10.5 Å². The number of carbonyl (C=O) groups excluding carboxylic acids is 1. The molecule has 3 rings (SSSR count). The van der Waals surface area contributed by atoms with Crippen LogP contribution in [0.1, 0.15) is 11.7 Å². The van der Waals surface area contributed by atoms with E-state index in [0.717, 1.165) is 5.69 Å². The first-order valence-electron chi connectivity index (χ1n) is 8.23. The number of carbonyl (C=O) groups is 1. The molecule has 3 N–H and O–H groups in total. The van der Waals surface area contributed by atoms with Crippen LogP contribution < -0.4 is 15.4 Å². The van der Waals surface area contributed by atoms with Gasteiger partial charge in [-0.25, -0.2) is 9.48 Å². The van der Waals surface area contributed by atoms with E-state index in [-0.39, 0.29) is 6.54 Å². The number of aromatic nitrogens is 2. The molecule has 1 unspecified atom stereocenters. The van der Waals surface area contributed by atoms with Gasteiger partial charge in [0.15, 0.2) is 0 Å². The Labute approximate surface area is 161 Å². The summed E-state index contributed by atoms with van der Waals surface area (Å²) in [6.07, 6.45) is 2.69. The van der Waals surface area contributed by atoms with Gasteiger partial charge in [0.2, 0.25) is 0 Å². The lowest BCUT2D eigenvalue weighted by atomic mass is 10.1. The van der Waals surface area contributed by atoms with Crippen molar-refractivity contribution in [3.8, 4) is 11.4 Å². The summed E-state index contributed by atoms with van der Waals surface area (Å²) >= 11 is 5.94. The normalized spacial score (nSPS) is 11.7. The Hall–Kier alpha value is -3.03. The zero-order chi connectivity index (χ0) is 19.2. The monoisotopic (exact) mass is 386 g/mol. The molecule has 0 spiro atoms. The minimum Gasteiger partial charge on any atom is -0.495 e. The fourth-order valence-electron chi connectivity index (χ4n) is 2.52. The van der Waals surface area contributed by atoms with E-state index in [1.165, 1.54) is 7.11 Å². The molecule has 0 saturated heterocycles. The fraction of sp³-hybridized carbons (Fsp3) is 0.158. The van der Waals surface area contributed by atoms with Crippen LogP contribution in [0.5, 0.6) is 5.75 Å². The summed E-state index contributed by atoms with van der Waals surface area (Å²) < 4.78 is 6.90. The number of ether oxygens (including phenoxy) is 1. The van der Waals surface area contributed by atoms with Gasteiger partial charge in [0, 0.05) is 24.0 Å². The van der Waals surface area contributed by atoms with E-state index in [9.17, 15) is 9.90 Å². The van der Waals surface area contributed by atoms with E-state index >= 15 is 0 Å². The van der Waals surface area contributed by atoms with Gasteiger partial charge < -0.3 is 20.5 Å². The minimum absolute atomic E-state index is 0.0514. The molecule has 0 bridgehead atoms. The summed E-state index contributed by atoms with van der Waals surface area (Å²) in [5, 5.41) is 20.2. The Bertz CT molecular complexity index is 898. The van der Waals surface area contributed by atoms with E-state index in [0.29, 0.717) is 22.0 Å². The quantitative estimate of drug-likeness (QED) is 0.606.